The van der Waals surface area contributed by atoms with Gasteiger partial charge in [-0.15, -0.1) is 0 Å². The minimum Gasteiger partial charge on any atom is -0.271 e. The van der Waals surface area contributed by atoms with E-state index < -0.39 is 11.7 Å². The highest BCUT2D eigenvalue weighted by molar-refractivity contribution is 7.07. The van der Waals surface area contributed by atoms with E-state index in [0.29, 0.717) is 6.42 Å². The van der Waals surface area contributed by atoms with Crippen molar-refractivity contribution in [3.05, 3.63) is 57.8 Å². The molecule has 6 heteroatoms. The predicted octanol–water partition coefficient (Wildman–Crippen LogP) is 3.51. The maximum Gasteiger partial charge on any atom is 0.416 e. The highest BCUT2D eigenvalue weighted by Crippen LogP contribution is 2.29. The summed E-state index contributed by atoms with van der Waals surface area (Å²) < 4.78 is 37.3. The molecule has 2 aromatic rings. The molecule has 0 saturated heterocycles. The SMILES string of the molecule is NNC(Cc1ccc(C(F)(F)F)cc1)c1ccsc1. The van der Waals surface area contributed by atoms with Crippen molar-refractivity contribution < 1.29 is 13.2 Å². The second kappa shape index (κ2) is 5.73. The molecule has 102 valence electrons. The zero-order valence-electron chi connectivity index (χ0n) is 9.95. The van der Waals surface area contributed by atoms with E-state index in [1.54, 1.807) is 11.3 Å². The lowest BCUT2D eigenvalue weighted by Crippen LogP contribution is -2.29. The van der Waals surface area contributed by atoms with Crippen LogP contribution in [0.2, 0.25) is 0 Å². The fourth-order valence-electron chi connectivity index (χ4n) is 1.81. The molecular formula is C13H13F3N2S. The normalized spacial score (nSPS) is 13.5. The standard InChI is InChI=1S/C13H13F3N2S/c14-13(15,16)11-3-1-9(2-4-11)7-12(18-17)10-5-6-19-8-10/h1-6,8,12,18H,7,17H2. The van der Waals surface area contributed by atoms with Crippen molar-refractivity contribution >= 4 is 11.3 Å². The van der Waals surface area contributed by atoms with Crippen LogP contribution < -0.4 is 11.3 Å². The van der Waals surface area contributed by atoms with E-state index in [9.17, 15) is 13.2 Å². The van der Waals surface area contributed by atoms with Gasteiger partial charge >= 0.3 is 6.18 Å². The van der Waals surface area contributed by atoms with Gasteiger partial charge in [0.2, 0.25) is 0 Å². The molecule has 1 aromatic heterocycles. The number of alkyl halides is 3. The summed E-state index contributed by atoms with van der Waals surface area (Å²) in [7, 11) is 0. The number of nitrogens with two attached hydrogens (primary N) is 1. The number of hydrogen-bond acceptors (Lipinski definition) is 3. The maximum atomic E-state index is 12.4. The first kappa shape index (κ1) is 14.0. The van der Waals surface area contributed by atoms with Crippen LogP contribution >= 0.6 is 11.3 Å². The summed E-state index contributed by atoms with van der Waals surface area (Å²) in [5, 5.41) is 3.90. The fraction of sp³-hybridized carbons (Fsp3) is 0.231. The van der Waals surface area contributed by atoms with Crippen molar-refractivity contribution in [2.45, 2.75) is 18.6 Å². The molecular weight excluding hydrogens is 273 g/mol. The van der Waals surface area contributed by atoms with Crippen molar-refractivity contribution in [3.8, 4) is 0 Å². The Bertz CT molecular complexity index is 506. The Hall–Kier alpha value is -1.37. The Labute approximate surface area is 113 Å². The summed E-state index contributed by atoms with van der Waals surface area (Å²) in [6.45, 7) is 0. The van der Waals surface area contributed by atoms with Crippen LogP contribution in [0.15, 0.2) is 41.1 Å². The summed E-state index contributed by atoms with van der Waals surface area (Å²) in [5.41, 5.74) is 3.89. The van der Waals surface area contributed by atoms with Crippen LogP contribution in [0.1, 0.15) is 22.7 Å². The maximum absolute atomic E-state index is 12.4. The second-order valence-corrected chi connectivity index (χ2v) is 4.95. The number of thiophene rings is 1. The number of nitrogens with one attached hydrogen (secondary N) is 1. The number of hydrazine groups is 1. The van der Waals surface area contributed by atoms with E-state index in [4.69, 9.17) is 5.84 Å². The lowest BCUT2D eigenvalue weighted by molar-refractivity contribution is -0.137. The van der Waals surface area contributed by atoms with Crippen LogP contribution in [0.5, 0.6) is 0 Å². The smallest absolute Gasteiger partial charge is 0.271 e. The van der Waals surface area contributed by atoms with Gasteiger partial charge in [-0.1, -0.05) is 12.1 Å². The topological polar surface area (TPSA) is 38.0 Å². The van der Waals surface area contributed by atoms with Gasteiger partial charge in [0.15, 0.2) is 0 Å². The highest BCUT2D eigenvalue weighted by atomic mass is 32.1. The first-order valence-electron chi connectivity index (χ1n) is 5.65. The highest BCUT2D eigenvalue weighted by Gasteiger charge is 2.30. The lowest BCUT2D eigenvalue weighted by atomic mass is 10.0. The molecule has 0 saturated carbocycles. The molecule has 0 fully saturated rings. The predicted molar refractivity (Wildman–Crippen MR) is 69.5 cm³/mol. The van der Waals surface area contributed by atoms with E-state index in [2.05, 4.69) is 5.43 Å². The van der Waals surface area contributed by atoms with E-state index in [-0.39, 0.29) is 6.04 Å². The third kappa shape index (κ3) is 3.56. The molecule has 2 rings (SSSR count). The summed E-state index contributed by atoms with van der Waals surface area (Å²) in [4.78, 5) is 0. The molecule has 0 amide bonds. The quantitative estimate of drug-likeness (QED) is 0.666. The Kier molecular flexibility index (Phi) is 4.24. The Balaban J connectivity index is 2.11. The van der Waals surface area contributed by atoms with Crippen molar-refractivity contribution in [1.82, 2.24) is 5.43 Å². The van der Waals surface area contributed by atoms with Crippen molar-refractivity contribution in [1.29, 1.82) is 0 Å². The second-order valence-electron chi connectivity index (χ2n) is 4.17. The average molecular weight is 286 g/mol. The molecule has 3 N–H and O–H groups in total. The number of benzene rings is 1. The number of hydrogen-bond donors (Lipinski definition) is 2. The van der Waals surface area contributed by atoms with Gasteiger partial charge in [0.05, 0.1) is 11.6 Å². The van der Waals surface area contributed by atoms with Crippen molar-refractivity contribution in [2.24, 2.45) is 5.84 Å². The van der Waals surface area contributed by atoms with Crippen LogP contribution in [0.4, 0.5) is 13.2 Å². The van der Waals surface area contributed by atoms with Crippen molar-refractivity contribution in [3.63, 3.8) is 0 Å². The minimum atomic E-state index is -4.29. The molecule has 1 heterocycles. The van der Waals surface area contributed by atoms with Crippen LogP contribution in [0.3, 0.4) is 0 Å². The largest absolute Gasteiger partial charge is 0.416 e. The molecule has 2 nitrogen and oxygen atoms in total. The molecule has 1 unspecified atom stereocenters. The van der Waals surface area contributed by atoms with Crippen LogP contribution in [0, 0.1) is 0 Å². The van der Waals surface area contributed by atoms with Crippen LogP contribution in [-0.4, -0.2) is 0 Å². The first-order chi connectivity index (χ1) is 9.00. The fourth-order valence-corrected chi connectivity index (χ4v) is 2.53. The Morgan fingerprint density at radius 1 is 1.16 bits per heavy atom. The van der Waals surface area contributed by atoms with Crippen LogP contribution in [0.25, 0.3) is 0 Å². The third-order valence-corrected chi connectivity index (χ3v) is 3.57. The monoisotopic (exact) mass is 286 g/mol. The first-order valence-corrected chi connectivity index (χ1v) is 6.59. The van der Waals surface area contributed by atoms with Gasteiger partial charge in [-0.3, -0.25) is 11.3 Å². The lowest BCUT2D eigenvalue weighted by Gasteiger charge is -2.15. The van der Waals surface area contributed by atoms with E-state index >= 15 is 0 Å². The molecule has 19 heavy (non-hydrogen) atoms. The number of halogens is 3. The van der Waals surface area contributed by atoms with Gasteiger partial charge in [-0.05, 0) is 46.5 Å². The zero-order valence-corrected chi connectivity index (χ0v) is 10.8. The Morgan fingerprint density at radius 2 is 1.84 bits per heavy atom. The molecule has 0 spiro atoms. The van der Waals surface area contributed by atoms with Gasteiger partial charge in [-0.2, -0.15) is 24.5 Å². The number of rotatable bonds is 4. The molecule has 0 aliphatic heterocycles. The van der Waals surface area contributed by atoms with Gasteiger partial charge in [0, 0.05) is 0 Å². The van der Waals surface area contributed by atoms with Gasteiger partial charge in [-0.25, -0.2) is 0 Å². The van der Waals surface area contributed by atoms with Gasteiger partial charge in [0.1, 0.15) is 0 Å². The van der Waals surface area contributed by atoms with E-state index in [1.807, 2.05) is 16.8 Å². The van der Waals surface area contributed by atoms with Crippen LogP contribution in [-0.2, 0) is 12.6 Å². The molecule has 0 bridgehead atoms. The summed E-state index contributed by atoms with van der Waals surface area (Å²) in [5.74, 6) is 5.49. The summed E-state index contributed by atoms with van der Waals surface area (Å²) >= 11 is 1.56. The minimum absolute atomic E-state index is 0.0945. The molecule has 1 atom stereocenters. The average Bonchev–Trinajstić information content (AvgIpc) is 2.89. The van der Waals surface area contributed by atoms with E-state index in [1.165, 1.54) is 12.1 Å². The molecule has 0 aliphatic carbocycles. The van der Waals surface area contributed by atoms with Gasteiger partial charge < -0.3 is 0 Å². The third-order valence-electron chi connectivity index (χ3n) is 2.87. The zero-order chi connectivity index (χ0) is 13.9. The van der Waals surface area contributed by atoms with Crippen molar-refractivity contribution in [2.75, 3.05) is 0 Å². The molecule has 0 aliphatic rings. The summed E-state index contributed by atoms with van der Waals surface area (Å²) in [6.07, 6.45) is -3.75. The Morgan fingerprint density at radius 3 is 2.32 bits per heavy atom. The van der Waals surface area contributed by atoms with E-state index in [0.717, 1.165) is 23.3 Å². The summed E-state index contributed by atoms with van der Waals surface area (Å²) in [6, 6.07) is 7.01. The molecule has 1 aromatic carbocycles. The van der Waals surface area contributed by atoms with Gasteiger partial charge in [0.25, 0.3) is 0 Å². The molecule has 0 radical (unpaired) electrons.